The van der Waals surface area contributed by atoms with Gasteiger partial charge in [-0.2, -0.15) is 0 Å². The lowest BCUT2D eigenvalue weighted by Gasteiger charge is -2.34. The van der Waals surface area contributed by atoms with Gasteiger partial charge in [0, 0.05) is 32.7 Å². The average molecular weight is 368 g/mol. The smallest absolute Gasteiger partial charge is 0.317 e. The number of nitrogens with one attached hydrogen (secondary N) is 1. The van der Waals surface area contributed by atoms with Gasteiger partial charge in [0.2, 0.25) is 5.91 Å². The van der Waals surface area contributed by atoms with Crippen molar-refractivity contribution >= 4 is 11.9 Å². The van der Waals surface area contributed by atoms with Gasteiger partial charge in [0.05, 0.1) is 5.92 Å². The first kappa shape index (κ1) is 22.8. The van der Waals surface area contributed by atoms with Crippen LogP contribution in [0.5, 0.6) is 0 Å². The number of carbonyl (C=O) groups excluding carboxylic acids is 2. The molecule has 0 spiro atoms. The van der Waals surface area contributed by atoms with Crippen LogP contribution in [0.1, 0.15) is 85.0 Å². The molecule has 5 nitrogen and oxygen atoms in total. The van der Waals surface area contributed by atoms with E-state index in [0.717, 1.165) is 45.4 Å². The Kier molecular flexibility index (Phi) is 12.2. The van der Waals surface area contributed by atoms with Crippen LogP contribution in [0.2, 0.25) is 0 Å². The maximum atomic E-state index is 12.5. The average Bonchev–Trinajstić information content (AvgIpc) is 2.67. The Hall–Kier alpha value is -1.26. The summed E-state index contributed by atoms with van der Waals surface area (Å²) in [5.41, 5.74) is 0. The number of likely N-dealkylation sites (tertiary alicyclic amines) is 1. The predicted octanol–water partition coefficient (Wildman–Crippen LogP) is 4.42. The summed E-state index contributed by atoms with van der Waals surface area (Å²) < 4.78 is 0. The minimum atomic E-state index is -0.0301. The molecule has 3 amide bonds. The number of amides is 3. The highest BCUT2D eigenvalue weighted by Gasteiger charge is 2.30. The summed E-state index contributed by atoms with van der Waals surface area (Å²) in [7, 11) is 0. The van der Waals surface area contributed by atoms with Crippen LogP contribution in [-0.4, -0.2) is 54.5 Å². The molecule has 1 aliphatic heterocycles. The van der Waals surface area contributed by atoms with E-state index in [4.69, 9.17) is 0 Å². The summed E-state index contributed by atoms with van der Waals surface area (Å²) in [4.78, 5) is 28.6. The number of unbranched alkanes of at least 4 members (excludes halogenated alkanes) is 7. The van der Waals surface area contributed by atoms with Gasteiger partial charge < -0.3 is 15.1 Å². The van der Waals surface area contributed by atoms with Gasteiger partial charge in [0.1, 0.15) is 0 Å². The number of urea groups is 1. The predicted molar refractivity (Wildman–Crippen MR) is 108 cm³/mol. The molecule has 0 aliphatic carbocycles. The van der Waals surface area contributed by atoms with Crippen LogP contribution >= 0.6 is 0 Å². The summed E-state index contributed by atoms with van der Waals surface area (Å²) in [6.45, 7) is 9.85. The fourth-order valence-electron chi connectivity index (χ4n) is 3.72. The number of hydrogen-bond donors (Lipinski definition) is 1. The zero-order valence-electron chi connectivity index (χ0n) is 17.4. The Balaban J connectivity index is 2.19. The van der Waals surface area contributed by atoms with Crippen molar-refractivity contribution in [2.24, 2.45) is 5.92 Å². The highest BCUT2D eigenvalue weighted by Crippen LogP contribution is 2.19. The molecule has 1 fully saturated rings. The molecule has 1 saturated heterocycles. The van der Waals surface area contributed by atoms with E-state index in [0.29, 0.717) is 6.54 Å². The molecule has 26 heavy (non-hydrogen) atoms. The third kappa shape index (κ3) is 8.41. The molecule has 1 atom stereocenters. The highest BCUT2D eigenvalue weighted by molar-refractivity contribution is 5.81. The van der Waals surface area contributed by atoms with Crippen molar-refractivity contribution in [2.75, 3.05) is 32.7 Å². The van der Waals surface area contributed by atoms with Crippen LogP contribution in [0.3, 0.4) is 0 Å². The van der Waals surface area contributed by atoms with Crippen molar-refractivity contribution in [3.8, 4) is 0 Å². The Morgan fingerprint density at radius 1 is 0.962 bits per heavy atom. The summed E-state index contributed by atoms with van der Waals surface area (Å²) >= 11 is 0. The minimum Gasteiger partial charge on any atom is -0.343 e. The second-order valence-corrected chi connectivity index (χ2v) is 7.50. The van der Waals surface area contributed by atoms with Gasteiger partial charge in [-0.3, -0.25) is 4.79 Å². The largest absolute Gasteiger partial charge is 0.343 e. The molecule has 0 saturated carbocycles. The van der Waals surface area contributed by atoms with E-state index >= 15 is 0 Å². The van der Waals surface area contributed by atoms with Gasteiger partial charge in [0.15, 0.2) is 0 Å². The SMILES string of the molecule is CCCCCCCCCCNC(=O)N1CCC[C@H](C(=O)N(CC)CC)C1. The molecule has 0 radical (unpaired) electrons. The molecule has 0 aromatic rings. The van der Waals surface area contributed by atoms with E-state index in [9.17, 15) is 9.59 Å². The van der Waals surface area contributed by atoms with Crippen LogP contribution in [-0.2, 0) is 4.79 Å². The summed E-state index contributed by atoms with van der Waals surface area (Å²) in [6.07, 6.45) is 12.0. The zero-order valence-corrected chi connectivity index (χ0v) is 17.4. The van der Waals surface area contributed by atoms with Crippen molar-refractivity contribution in [3.05, 3.63) is 0 Å². The molecule has 152 valence electrons. The van der Waals surface area contributed by atoms with Crippen molar-refractivity contribution in [3.63, 3.8) is 0 Å². The Labute approximate surface area is 160 Å². The number of piperidine rings is 1. The van der Waals surface area contributed by atoms with Crippen LogP contribution in [0, 0.1) is 5.92 Å². The molecule has 0 bridgehead atoms. The molecule has 1 heterocycles. The van der Waals surface area contributed by atoms with E-state index in [1.807, 2.05) is 23.6 Å². The number of rotatable bonds is 12. The van der Waals surface area contributed by atoms with Crippen LogP contribution in [0.4, 0.5) is 4.79 Å². The summed E-state index contributed by atoms with van der Waals surface area (Å²) in [5, 5.41) is 3.04. The fraction of sp³-hybridized carbons (Fsp3) is 0.905. The second-order valence-electron chi connectivity index (χ2n) is 7.50. The normalized spacial score (nSPS) is 17.2. The van der Waals surface area contributed by atoms with Crippen LogP contribution < -0.4 is 5.32 Å². The van der Waals surface area contributed by atoms with E-state index in [1.54, 1.807) is 0 Å². The van der Waals surface area contributed by atoms with E-state index in [2.05, 4.69) is 12.2 Å². The first-order valence-corrected chi connectivity index (χ1v) is 11.0. The van der Waals surface area contributed by atoms with Crippen molar-refractivity contribution in [1.82, 2.24) is 15.1 Å². The standard InChI is InChI=1S/C21H41N3O2/c1-4-7-8-9-10-11-12-13-16-22-21(26)24-17-14-15-19(18-24)20(25)23(5-2)6-3/h19H,4-18H2,1-3H3,(H,22,26)/t19-/m0/s1. The highest BCUT2D eigenvalue weighted by atomic mass is 16.2. The third-order valence-corrected chi connectivity index (χ3v) is 5.44. The summed E-state index contributed by atoms with van der Waals surface area (Å²) in [6, 6.07) is 0.00462. The van der Waals surface area contributed by atoms with Gasteiger partial charge in [-0.25, -0.2) is 4.79 Å². The van der Waals surface area contributed by atoms with Crippen molar-refractivity contribution in [2.45, 2.75) is 85.0 Å². The van der Waals surface area contributed by atoms with Gasteiger partial charge >= 0.3 is 6.03 Å². The van der Waals surface area contributed by atoms with E-state index < -0.39 is 0 Å². The maximum absolute atomic E-state index is 12.5. The first-order chi connectivity index (χ1) is 12.6. The third-order valence-electron chi connectivity index (χ3n) is 5.44. The molecule has 0 aromatic heterocycles. The zero-order chi connectivity index (χ0) is 19.2. The van der Waals surface area contributed by atoms with Crippen LogP contribution in [0.25, 0.3) is 0 Å². The lowest BCUT2D eigenvalue weighted by molar-refractivity contribution is -0.136. The van der Waals surface area contributed by atoms with Crippen LogP contribution in [0.15, 0.2) is 0 Å². The fourth-order valence-corrected chi connectivity index (χ4v) is 3.72. The topological polar surface area (TPSA) is 52.7 Å². The number of carbonyl (C=O) groups is 2. The van der Waals surface area contributed by atoms with E-state index in [1.165, 1.54) is 44.9 Å². The Morgan fingerprint density at radius 3 is 2.19 bits per heavy atom. The molecule has 1 N–H and O–H groups in total. The lowest BCUT2D eigenvalue weighted by Crippen LogP contribution is -2.49. The quantitative estimate of drug-likeness (QED) is 0.519. The van der Waals surface area contributed by atoms with E-state index in [-0.39, 0.29) is 17.9 Å². The maximum Gasteiger partial charge on any atom is 0.317 e. The number of nitrogens with zero attached hydrogens (tertiary/aromatic N) is 2. The molecular formula is C21H41N3O2. The number of hydrogen-bond acceptors (Lipinski definition) is 2. The van der Waals surface area contributed by atoms with Crippen molar-refractivity contribution < 1.29 is 9.59 Å². The molecule has 0 unspecified atom stereocenters. The summed E-state index contributed by atoms with van der Waals surface area (Å²) in [5.74, 6) is 0.174. The molecule has 0 aromatic carbocycles. The van der Waals surface area contributed by atoms with Crippen molar-refractivity contribution in [1.29, 1.82) is 0 Å². The lowest BCUT2D eigenvalue weighted by atomic mass is 9.96. The van der Waals surface area contributed by atoms with Gasteiger partial charge in [-0.1, -0.05) is 51.9 Å². The molecule has 5 heteroatoms. The minimum absolute atomic E-state index is 0.00462. The molecule has 1 rings (SSSR count). The van der Waals surface area contributed by atoms with Gasteiger partial charge in [0.25, 0.3) is 0 Å². The second kappa shape index (κ2) is 13.9. The Bertz CT molecular complexity index is 397. The first-order valence-electron chi connectivity index (χ1n) is 11.0. The van der Waals surface area contributed by atoms with Gasteiger partial charge in [-0.05, 0) is 33.1 Å². The molecule has 1 aliphatic rings. The molecular weight excluding hydrogens is 326 g/mol. The van der Waals surface area contributed by atoms with Gasteiger partial charge in [-0.15, -0.1) is 0 Å². The monoisotopic (exact) mass is 367 g/mol. The Morgan fingerprint density at radius 2 is 1.58 bits per heavy atom.